The Morgan fingerprint density at radius 3 is 1.90 bits per heavy atom. The van der Waals surface area contributed by atoms with Gasteiger partial charge in [-0.3, -0.25) is 9.59 Å². The van der Waals surface area contributed by atoms with Gasteiger partial charge in [-0.25, -0.2) is 4.79 Å². The number of hydrogen-bond acceptors (Lipinski definition) is 4. The van der Waals surface area contributed by atoms with E-state index in [1.165, 1.54) is 30.3 Å². The first-order valence-corrected chi connectivity index (χ1v) is 9.40. The van der Waals surface area contributed by atoms with E-state index in [-0.39, 0.29) is 22.1 Å². The van der Waals surface area contributed by atoms with E-state index in [2.05, 4.69) is 5.32 Å². The molecule has 0 aliphatic heterocycles. The summed E-state index contributed by atoms with van der Waals surface area (Å²) in [5.74, 6) is -1.85. The number of carbonyl (C=O) groups is 3. The second-order valence-electron chi connectivity index (χ2n) is 6.80. The normalized spacial score (nSPS) is 10.4. The van der Waals surface area contributed by atoms with Crippen LogP contribution in [-0.4, -0.2) is 36.9 Å². The highest BCUT2D eigenvalue weighted by Gasteiger charge is 2.15. The van der Waals surface area contributed by atoms with Gasteiger partial charge in [-0.2, -0.15) is 0 Å². The Labute approximate surface area is 178 Å². The quantitative estimate of drug-likeness (QED) is 0.567. The zero-order valence-electron chi connectivity index (χ0n) is 16.3. The maximum atomic E-state index is 12.7. The lowest BCUT2D eigenvalue weighted by molar-refractivity contribution is 0.0697. The monoisotopic (exact) mass is 422 g/mol. The molecule has 0 unspecified atom stereocenters. The summed E-state index contributed by atoms with van der Waals surface area (Å²) in [5, 5.41) is 12.1. The molecule has 3 rings (SSSR count). The minimum Gasteiger partial charge on any atom is -0.478 e. The smallest absolute Gasteiger partial charge is 0.337 e. The summed E-state index contributed by atoms with van der Waals surface area (Å²) in [6.07, 6.45) is 0. The lowest BCUT2D eigenvalue weighted by Gasteiger charge is -2.12. The zero-order valence-corrected chi connectivity index (χ0v) is 17.1. The first-order valence-electron chi connectivity index (χ1n) is 9.02. The maximum Gasteiger partial charge on any atom is 0.337 e. The van der Waals surface area contributed by atoms with E-state index < -0.39 is 11.9 Å². The van der Waals surface area contributed by atoms with Gasteiger partial charge in [0.2, 0.25) is 0 Å². The highest BCUT2D eigenvalue weighted by Crippen LogP contribution is 2.22. The van der Waals surface area contributed by atoms with Crippen LogP contribution in [-0.2, 0) is 0 Å². The SMILES string of the molecule is CN(C)c1ccc(C(=O)c2ccc(C(=O)Nc3ccc(Cl)cc3C(=O)O)cc2)cc1. The van der Waals surface area contributed by atoms with Gasteiger partial charge in [-0.1, -0.05) is 23.7 Å². The standard InChI is InChI=1S/C23H19ClN2O4/c1-26(2)18-10-7-15(8-11-18)21(27)14-3-5-16(6-4-14)22(28)25-20-12-9-17(24)13-19(20)23(29)30/h3-13H,1-2H3,(H,25,28)(H,29,30). The molecule has 0 saturated heterocycles. The Morgan fingerprint density at radius 1 is 0.833 bits per heavy atom. The molecule has 0 saturated carbocycles. The molecule has 0 heterocycles. The van der Waals surface area contributed by atoms with Crippen LogP contribution in [0.1, 0.15) is 36.6 Å². The topological polar surface area (TPSA) is 86.7 Å². The van der Waals surface area contributed by atoms with E-state index in [1.54, 1.807) is 24.3 Å². The predicted octanol–water partition coefficient (Wildman–Crippen LogP) is 4.59. The zero-order chi connectivity index (χ0) is 21.8. The number of carboxylic acids is 1. The number of hydrogen-bond donors (Lipinski definition) is 2. The summed E-state index contributed by atoms with van der Waals surface area (Å²) in [5.41, 5.74) is 2.30. The van der Waals surface area contributed by atoms with Gasteiger partial charge in [0.05, 0.1) is 11.3 Å². The third kappa shape index (κ3) is 4.67. The number of anilines is 2. The minimum absolute atomic E-state index is 0.108. The molecule has 0 radical (unpaired) electrons. The molecule has 0 spiro atoms. The average Bonchev–Trinajstić information content (AvgIpc) is 2.74. The molecule has 0 aliphatic rings. The summed E-state index contributed by atoms with van der Waals surface area (Å²) >= 11 is 5.83. The number of rotatable bonds is 6. The molecule has 30 heavy (non-hydrogen) atoms. The third-order valence-electron chi connectivity index (χ3n) is 4.52. The van der Waals surface area contributed by atoms with Crippen molar-refractivity contribution in [2.75, 3.05) is 24.3 Å². The number of amides is 1. The highest BCUT2D eigenvalue weighted by atomic mass is 35.5. The van der Waals surface area contributed by atoms with Gasteiger partial charge in [-0.05, 0) is 54.6 Å². The molecule has 3 aromatic carbocycles. The van der Waals surface area contributed by atoms with E-state index in [1.807, 2.05) is 31.1 Å². The van der Waals surface area contributed by atoms with Gasteiger partial charge < -0.3 is 15.3 Å². The molecule has 7 heteroatoms. The van der Waals surface area contributed by atoms with Crippen molar-refractivity contribution in [3.8, 4) is 0 Å². The van der Waals surface area contributed by atoms with Crippen LogP contribution in [0.5, 0.6) is 0 Å². The molecular weight excluding hydrogens is 404 g/mol. The predicted molar refractivity (Wildman–Crippen MR) is 117 cm³/mol. The highest BCUT2D eigenvalue weighted by molar-refractivity contribution is 6.31. The van der Waals surface area contributed by atoms with Gasteiger partial charge in [0.25, 0.3) is 5.91 Å². The van der Waals surface area contributed by atoms with Crippen molar-refractivity contribution >= 4 is 40.6 Å². The van der Waals surface area contributed by atoms with Gasteiger partial charge in [-0.15, -0.1) is 0 Å². The average molecular weight is 423 g/mol. The lowest BCUT2D eigenvalue weighted by atomic mass is 10.0. The van der Waals surface area contributed by atoms with Gasteiger partial charge in [0.15, 0.2) is 5.78 Å². The molecule has 0 aromatic heterocycles. The summed E-state index contributed by atoms with van der Waals surface area (Å²) < 4.78 is 0. The Balaban J connectivity index is 1.76. The fraction of sp³-hybridized carbons (Fsp3) is 0.0870. The van der Waals surface area contributed by atoms with Gasteiger partial charge in [0.1, 0.15) is 0 Å². The number of ketones is 1. The van der Waals surface area contributed by atoms with Crippen LogP contribution < -0.4 is 10.2 Å². The third-order valence-corrected chi connectivity index (χ3v) is 4.75. The van der Waals surface area contributed by atoms with Gasteiger partial charge in [0, 0.05) is 41.5 Å². The Kier molecular flexibility index (Phi) is 6.18. The molecule has 0 fully saturated rings. The van der Waals surface area contributed by atoms with Crippen molar-refractivity contribution in [1.82, 2.24) is 0 Å². The van der Waals surface area contributed by atoms with Crippen molar-refractivity contribution < 1.29 is 19.5 Å². The van der Waals surface area contributed by atoms with Crippen LogP contribution in [0.25, 0.3) is 0 Å². The van der Waals surface area contributed by atoms with Crippen molar-refractivity contribution in [3.63, 3.8) is 0 Å². The first-order chi connectivity index (χ1) is 14.3. The van der Waals surface area contributed by atoms with Crippen LogP contribution in [0.4, 0.5) is 11.4 Å². The number of halogens is 1. The number of benzene rings is 3. The number of carboxylic acid groups (broad SMARTS) is 1. The molecule has 6 nitrogen and oxygen atoms in total. The second-order valence-corrected chi connectivity index (χ2v) is 7.23. The summed E-state index contributed by atoms with van der Waals surface area (Å²) in [6, 6.07) is 17.6. The molecule has 0 bridgehead atoms. The second kappa shape index (κ2) is 8.80. The van der Waals surface area contributed by atoms with E-state index in [0.717, 1.165) is 5.69 Å². The van der Waals surface area contributed by atoms with Crippen LogP contribution in [0, 0.1) is 0 Å². The molecule has 1 amide bonds. The molecule has 0 aliphatic carbocycles. The van der Waals surface area contributed by atoms with E-state index >= 15 is 0 Å². The van der Waals surface area contributed by atoms with Crippen molar-refractivity contribution in [3.05, 3.63) is 94.0 Å². The molecule has 3 aromatic rings. The Bertz CT molecular complexity index is 1110. The van der Waals surface area contributed by atoms with Gasteiger partial charge >= 0.3 is 5.97 Å². The largest absolute Gasteiger partial charge is 0.478 e. The van der Waals surface area contributed by atoms with Crippen LogP contribution in [0.3, 0.4) is 0 Å². The number of nitrogens with one attached hydrogen (secondary N) is 1. The first kappa shape index (κ1) is 21.1. The fourth-order valence-electron chi connectivity index (χ4n) is 2.85. The van der Waals surface area contributed by atoms with Crippen LogP contribution in [0.15, 0.2) is 66.7 Å². The van der Waals surface area contributed by atoms with E-state index in [9.17, 15) is 19.5 Å². The number of aromatic carboxylic acids is 1. The Hall–Kier alpha value is -3.64. The number of nitrogens with zero attached hydrogens (tertiary/aromatic N) is 1. The lowest BCUT2D eigenvalue weighted by Crippen LogP contribution is -2.15. The van der Waals surface area contributed by atoms with Crippen molar-refractivity contribution in [2.24, 2.45) is 0 Å². The molecular formula is C23H19ClN2O4. The summed E-state index contributed by atoms with van der Waals surface area (Å²) in [7, 11) is 3.84. The van der Waals surface area contributed by atoms with Crippen LogP contribution in [0.2, 0.25) is 5.02 Å². The summed E-state index contributed by atoms with van der Waals surface area (Å²) in [4.78, 5) is 38.5. The number of carbonyl (C=O) groups excluding carboxylic acids is 2. The molecule has 0 atom stereocenters. The minimum atomic E-state index is -1.20. The summed E-state index contributed by atoms with van der Waals surface area (Å²) in [6.45, 7) is 0. The fourth-order valence-corrected chi connectivity index (χ4v) is 3.02. The molecule has 2 N–H and O–H groups in total. The Morgan fingerprint density at radius 2 is 1.37 bits per heavy atom. The van der Waals surface area contributed by atoms with Crippen molar-refractivity contribution in [1.29, 1.82) is 0 Å². The molecule has 152 valence electrons. The van der Waals surface area contributed by atoms with E-state index in [4.69, 9.17) is 11.6 Å². The maximum absolute atomic E-state index is 12.7. The van der Waals surface area contributed by atoms with E-state index in [0.29, 0.717) is 16.7 Å². The van der Waals surface area contributed by atoms with Crippen molar-refractivity contribution in [2.45, 2.75) is 0 Å². The van der Waals surface area contributed by atoms with Crippen LogP contribution >= 0.6 is 11.6 Å².